The van der Waals surface area contributed by atoms with Gasteiger partial charge in [-0.2, -0.15) is 0 Å². The van der Waals surface area contributed by atoms with Crippen molar-refractivity contribution in [2.45, 2.75) is 62.9 Å². The fourth-order valence-corrected chi connectivity index (χ4v) is 3.97. The first-order chi connectivity index (χ1) is 8.38. The smallest absolute Gasteiger partial charge is 0.0308 e. The Morgan fingerprint density at radius 1 is 1.12 bits per heavy atom. The summed E-state index contributed by atoms with van der Waals surface area (Å²) in [5.41, 5.74) is 0.484. The van der Waals surface area contributed by atoms with E-state index >= 15 is 0 Å². The monoisotopic (exact) mass is 234 g/mol. The highest BCUT2D eigenvalue weighted by Gasteiger charge is 2.37. The van der Waals surface area contributed by atoms with Crippen molar-refractivity contribution in [3.8, 4) is 0 Å². The van der Waals surface area contributed by atoms with Gasteiger partial charge < -0.3 is 5.32 Å². The molecule has 1 N–H and O–H groups in total. The van der Waals surface area contributed by atoms with E-state index in [0.29, 0.717) is 5.54 Å². The summed E-state index contributed by atoms with van der Waals surface area (Å²) in [6.07, 6.45) is 15.7. The van der Waals surface area contributed by atoms with Crippen LogP contribution in [0.2, 0.25) is 0 Å². The van der Waals surface area contributed by atoms with Crippen LogP contribution >= 0.6 is 0 Å². The van der Waals surface area contributed by atoms with Crippen LogP contribution in [-0.2, 0) is 0 Å². The van der Waals surface area contributed by atoms with Crippen molar-refractivity contribution in [3.05, 3.63) is 12.2 Å². The topological polar surface area (TPSA) is 15.3 Å². The van der Waals surface area contributed by atoms with Gasteiger partial charge in [-0.25, -0.2) is 0 Å². The van der Waals surface area contributed by atoms with Gasteiger partial charge in [-0.1, -0.05) is 25.0 Å². The van der Waals surface area contributed by atoms with E-state index in [9.17, 15) is 0 Å². The molecule has 3 aliphatic rings. The molecule has 0 aromatic carbocycles. The van der Waals surface area contributed by atoms with Gasteiger partial charge in [-0.05, 0) is 51.6 Å². The molecular weight excluding hydrogens is 208 g/mol. The van der Waals surface area contributed by atoms with Crippen molar-refractivity contribution in [3.63, 3.8) is 0 Å². The Balaban J connectivity index is 1.68. The molecule has 1 aliphatic heterocycles. The van der Waals surface area contributed by atoms with Gasteiger partial charge >= 0.3 is 0 Å². The van der Waals surface area contributed by atoms with Crippen LogP contribution in [0.4, 0.5) is 0 Å². The normalized spacial score (nSPS) is 34.0. The minimum absolute atomic E-state index is 0.484. The zero-order valence-corrected chi connectivity index (χ0v) is 11.0. The minimum Gasteiger partial charge on any atom is -0.310 e. The molecule has 1 unspecified atom stereocenters. The lowest BCUT2D eigenvalue weighted by atomic mass is 9.94. The van der Waals surface area contributed by atoms with Crippen LogP contribution in [0.3, 0.4) is 0 Å². The zero-order chi connectivity index (χ0) is 11.6. The molecule has 2 aliphatic carbocycles. The third-order valence-corrected chi connectivity index (χ3v) is 4.95. The molecule has 1 atom stereocenters. The predicted molar refractivity (Wildman–Crippen MR) is 72.2 cm³/mol. The molecule has 96 valence electrons. The zero-order valence-electron chi connectivity index (χ0n) is 11.0. The summed E-state index contributed by atoms with van der Waals surface area (Å²) >= 11 is 0. The summed E-state index contributed by atoms with van der Waals surface area (Å²) in [6, 6.07) is 0.831. The van der Waals surface area contributed by atoms with Gasteiger partial charge in [-0.15, -0.1) is 0 Å². The Bertz CT molecular complexity index is 279. The van der Waals surface area contributed by atoms with Gasteiger partial charge in [0, 0.05) is 18.1 Å². The van der Waals surface area contributed by atoms with Gasteiger partial charge in [0.1, 0.15) is 0 Å². The fourth-order valence-electron chi connectivity index (χ4n) is 3.97. The van der Waals surface area contributed by atoms with Crippen molar-refractivity contribution in [2.24, 2.45) is 0 Å². The largest absolute Gasteiger partial charge is 0.310 e. The highest BCUT2D eigenvalue weighted by molar-refractivity contribution is 5.00. The van der Waals surface area contributed by atoms with E-state index < -0.39 is 0 Å². The van der Waals surface area contributed by atoms with Crippen molar-refractivity contribution < 1.29 is 0 Å². The van der Waals surface area contributed by atoms with E-state index in [1.165, 1.54) is 71.0 Å². The molecule has 0 radical (unpaired) electrons. The lowest BCUT2D eigenvalue weighted by molar-refractivity contribution is 0.147. The molecule has 0 aromatic rings. The van der Waals surface area contributed by atoms with Crippen LogP contribution in [0.5, 0.6) is 0 Å². The molecule has 1 heterocycles. The fraction of sp³-hybridized carbons (Fsp3) is 0.867. The summed E-state index contributed by atoms with van der Waals surface area (Å²) in [7, 11) is 0. The summed E-state index contributed by atoms with van der Waals surface area (Å²) in [6.45, 7) is 3.86. The van der Waals surface area contributed by atoms with Crippen molar-refractivity contribution in [1.29, 1.82) is 0 Å². The number of allylic oxidation sites excluding steroid dienone is 1. The molecule has 0 amide bonds. The number of rotatable bonds is 1. The molecular formula is C15H26N2. The van der Waals surface area contributed by atoms with Crippen molar-refractivity contribution >= 4 is 0 Å². The van der Waals surface area contributed by atoms with Crippen molar-refractivity contribution in [1.82, 2.24) is 10.2 Å². The molecule has 0 aromatic heterocycles. The lowest BCUT2D eigenvalue weighted by Gasteiger charge is -2.38. The second-order valence-corrected chi connectivity index (χ2v) is 6.18. The van der Waals surface area contributed by atoms with Gasteiger partial charge in [0.15, 0.2) is 0 Å². The van der Waals surface area contributed by atoms with E-state index in [-0.39, 0.29) is 0 Å². The third kappa shape index (κ3) is 2.58. The van der Waals surface area contributed by atoms with Crippen LogP contribution < -0.4 is 5.32 Å². The maximum absolute atomic E-state index is 3.87. The third-order valence-electron chi connectivity index (χ3n) is 4.95. The van der Waals surface area contributed by atoms with Gasteiger partial charge in [0.05, 0.1) is 0 Å². The summed E-state index contributed by atoms with van der Waals surface area (Å²) in [5.74, 6) is 0. The Hall–Kier alpha value is -0.340. The molecule has 2 nitrogen and oxygen atoms in total. The highest BCUT2D eigenvalue weighted by atomic mass is 15.2. The van der Waals surface area contributed by atoms with E-state index in [1.54, 1.807) is 0 Å². The number of nitrogens with zero attached hydrogens (tertiary/aromatic N) is 1. The van der Waals surface area contributed by atoms with Crippen molar-refractivity contribution in [2.75, 3.05) is 19.6 Å². The van der Waals surface area contributed by atoms with Crippen LogP contribution in [0, 0.1) is 0 Å². The quantitative estimate of drug-likeness (QED) is 0.702. The Morgan fingerprint density at radius 2 is 2.00 bits per heavy atom. The molecule has 2 heteroatoms. The number of nitrogens with one attached hydrogen (secondary N) is 1. The molecule has 1 saturated heterocycles. The van der Waals surface area contributed by atoms with Gasteiger partial charge in [0.25, 0.3) is 0 Å². The van der Waals surface area contributed by atoms with Crippen LogP contribution in [0.25, 0.3) is 0 Å². The average molecular weight is 234 g/mol. The predicted octanol–water partition coefficient (Wildman–Crippen LogP) is 2.70. The standard InChI is InChI=1S/C15H26N2/c1-2-7-14(8-3-1)17-12-6-11-16-15(13-17)9-4-5-10-15/h1-2,14,16H,3-13H2. The van der Waals surface area contributed by atoms with Crippen LogP contribution in [0.15, 0.2) is 12.2 Å². The molecule has 1 saturated carbocycles. The summed E-state index contributed by atoms with van der Waals surface area (Å²) < 4.78 is 0. The molecule has 2 fully saturated rings. The molecule has 3 rings (SSSR count). The molecule has 0 bridgehead atoms. The number of hydrogen-bond acceptors (Lipinski definition) is 2. The molecule has 17 heavy (non-hydrogen) atoms. The Kier molecular flexibility index (Phi) is 3.53. The highest BCUT2D eigenvalue weighted by Crippen LogP contribution is 2.33. The summed E-state index contributed by atoms with van der Waals surface area (Å²) in [4.78, 5) is 2.80. The van der Waals surface area contributed by atoms with E-state index in [0.717, 1.165) is 6.04 Å². The number of hydrogen-bond donors (Lipinski definition) is 1. The first-order valence-electron chi connectivity index (χ1n) is 7.52. The second-order valence-electron chi connectivity index (χ2n) is 6.18. The van der Waals surface area contributed by atoms with Crippen LogP contribution in [-0.4, -0.2) is 36.1 Å². The first kappa shape index (κ1) is 11.7. The van der Waals surface area contributed by atoms with E-state index in [2.05, 4.69) is 22.4 Å². The van der Waals surface area contributed by atoms with E-state index in [4.69, 9.17) is 0 Å². The minimum atomic E-state index is 0.484. The SMILES string of the molecule is C1=CCC(N2CCCNC3(CCCC3)C2)CC1. The van der Waals surface area contributed by atoms with Gasteiger partial charge in [0.2, 0.25) is 0 Å². The lowest BCUT2D eigenvalue weighted by Crippen LogP contribution is -2.51. The van der Waals surface area contributed by atoms with Crippen LogP contribution in [0.1, 0.15) is 51.4 Å². The Labute approximate surface area is 105 Å². The van der Waals surface area contributed by atoms with Gasteiger partial charge in [-0.3, -0.25) is 4.90 Å². The maximum atomic E-state index is 3.87. The average Bonchev–Trinajstić information content (AvgIpc) is 2.71. The first-order valence-corrected chi connectivity index (χ1v) is 7.52. The molecule has 1 spiro atoms. The maximum Gasteiger partial charge on any atom is 0.0308 e. The van der Waals surface area contributed by atoms with E-state index in [1.807, 2.05) is 0 Å². The Morgan fingerprint density at radius 3 is 2.76 bits per heavy atom. The summed E-state index contributed by atoms with van der Waals surface area (Å²) in [5, 5.41) is 3.87. The second kappa shape index (κ2) is 5.11.